The highest BCUT2D eigenvalue weighted by Crippen LogP contribution is 2.40. The summed E-state index contributed by atoms with van der Waals surface area (Å²) in [5.41, 5.74) is 8.03. The van der Waals surface area contributed by atoms with Crippen LogP contribution in [0.1, 0.15) is 25.0 Å². The molecule has 0 amide bonds. The van der Waals surface area contributed by atoms with E-state index in [-0.39, 0.29) is 12.2 Å². The topological polar surface area (TPSA) is 58.4 Å². The molecule has 1 aliphatic rings. The molecule has 4 aromatic rings. The zero-order chi connectivity index (χ0) is 24.5. The van der Waals surface area contributed by atoms with E-state index >= 15 is 0 Å². The summed E-state index contributed by atoms with van der Waals surface area (Å²) >= 11 is 0. The van der Waals surface area contributed by atoms with Crippen LogP contribution >= 0.6 is 0 Å². The third-order valence-electron chi connectivity index (χ3n) is 6.66. The average Bonchev–Trinajstić information content (AvgIpc) is 2.87. The van der Waals surface area contributed by atoms with E-state index in [9.17, 15) is 0 Å². The van der Waals surface area contributed by atoms with Crippen LogP contribution in [0.25, 0.3) is 33.2 Å². The minimum atomic E-state index is 0.216. The molecule has 2 atom stereocenters. The second-order valence-electron chi connectivity index (χ2n) is 9.26. The molecule has 0 N–H and O–H groups in total. The molecule has 1 aromatic heterocycles. The number of methoxy groups -OCH3 is 1. The fourth-order valence-electron chi connectivity index (χ4n) is 5.10. The predicted molar refractivity (Wildman–Crippen MR) is 141 cm³/mol. The third kappa shape index (κ3) is 4.34. The summed E-state index contributed by atoms with van der Waals surface area (Å²) in [5, 5.41) is 10.1. The van der Waals surface area contributed by atoms with Crippen molar-refractivity contribution in [3.8, 4) is 34.1 Å². The summed E-state index contributed by atoms with van der Waals surface area (Å²) in [6.07, 6.45) is 2.34. The van der Waals surface area contributed by atoms with Gasteiger partial charge >= 0.3 is 0 Å². The zero-order valence-corrected chi connectivity index (χ0v) is 20.6. The number of para-hydroxylation sites is 1. The van der Waals surface area contributed by atoms with Crippen molar-refractivity contribution in [1.29, 1.82) is 5.26 Å². The molecule has 1 aliphatic heterocycles. The molecule has 1 saturated heterocycles. The first-order chi connectivity index (χ1) is 17.0. The maximum absolute atomic E-state index is 9.13. The van der Waals surface area contributed by atoms with Crippen LogP contribution in [0.15, 0.2) is 66.9 Å². The first kappa shape index (κ1) is 22.9. The fourth-order valence-corrected chi connectivity index (χ4v) is 5.10. The van der Waals surface area contributed by atoms with Gasteiger partial charge in [-0.05, 0) is 67.8 Å². The van der Waals surface area contributed by atoms with E-state index < -0.39 is 0 Å². The van der Waals surface area contributed by atoms with Gasteiger partial charge in [-0.1, -0.05) is 30.3 Å². The molecule has 0 bridgehead atoms. The molecule has 5 nitrogen and oxygen atoms in total. The van der Waals surface area contributed by atoms with Crippen molar-refractivity contribution < 1.29 is 9.47 Å². The van der Waals surface area contributed by atoms with Crippen LogP contribution in [-0.2, 0) is 4.74 Å². The van der Waals surface area contributed by atoms with Crippen molar-refractivity contribution in [2.24, 2.45) is 0 Å². The van der Waals surface area contributed by atoms with E-state index in [1.54, 1.807) is 7.11 Å². The van der Waals surface area contributed by atoms with Crippen LogP contribution in [0.2, 0.25) is 0 Å². The van der Waals surface area contributed by atoms with Gasteiger partial charge in [-0.15, -0.1) is 0 Å². The van der Waals surface area contributed by atoms with Gasteiger partial charge in [0, 0.05) is 41.5 Å². The minimum Gasteiger partial charge on any atom is -0.495 e. The number of aromatic nitrogens is 1. The van der Waals surface area contributed by atoms with Crippen LogP contribution in [0.4, 0.5) is 5.69 Å². The quantitative estimate of drug-likeness (QED) is 0.352. The molecule has 2 heterocycles. The van der Waals surface area contributed by atoms with Crippen molar-refractivity contribution in [3.63, 3.8) is 0 Å². The first-order valence-electron chi connectivity index (χ1n) is 12.0. The molecule has 0 saturated carbocycles. The van der Waals surface area contributed by atoms with Gasteiger partial charge in [-0.2, -0.15) is 5.26 Å². The SMILES string of the molecule is COc1c(-c2ccc(N3CC(C)O[C@H](C)C3)cc2C)cnc2c(-c3ccc(C#N)cc3)cccc12. The third-order valence-corrected chi connectivity index (χ3v) is 6.66. The molecule has 3 aromatic carbocycles. The van der Waals surface area contributed by atoms with Crippen LogP contribution in [0.3, 0.4) is 0 Å². The summed E-state index contributed by atoms with van der Waals surface area (Å²) < 4.78 is 11.9. The smallest absolute Gasteiger partial charge is 0.137 e. The molecule has 0 spiro atoms. The number of morpholine rings is 1. The summed E-state index contributed by atoms with van der Waals surface area (Å²) in [6.45, 7) is 8.18. The van der Waals surface area contributed by atoms with E-state index in [0.717, 1.165) is 52.0 Å². The van der Waals surface area contributed by atoms with Gasteiger partial charge in [0.15, 0.2) is 0 Å². The zero-order valence-electron chi connectivity index (χ0n) is 20.6. The van der Waals surface area contributed by atoms with Crippen molar-refractivity contribution in [1.82, 2.24) is 4.98 Å². The standard InChI is InChI=1S/C30H29N3O2/c1-19-14-24(33-17-20(2)35-21(3)18-33)12-13-25(19)28-16-32-29-26(6-5-7-27(29)30(28)34-4)23-10-8-22(15-31)9-11-23/h5-14,16,20-21H,17-18H2,1-4H3/t20-,21?/m1/s1. The molecule has 0 radical (unpaired) electrons. The molecular formula is C30H29N3O2. The number of nitrogens with zero attached hydrogens (tertiary/aromatic N) is 3. The molecule has 5 rings (SSSR count). The number of ether oxygens (including phenoxy) is 2. The molecule has 176 valence electrons. The van der Waals surface area contributed by atoms with Gasteiger partial charge in [0.25, 0.3) is 0 Å². The largest absolute Gasteiger partial charge is 0.495 e. The summed E-state index contributed by atoms with van der Waals surface area (Å²) in [7, 11) is 1.72. The Morgan fingerprint density at radius 1 is 0.971 bits per heavy atom. The van der Waals surface area contributed by atoms with Crippen LogP contribution in [0.5, 0.6) is 5.75 Å². The van der Waals surface area contributed by atoms with Gasteiger partial charge in [-0.3, -0.25) is 4.98 Å². The van der Waals surface area contributed by atoms with Gasteiger partial charge in [0.2, 0.25) is 0 Å². The van der Waals surface area contributed by atoms with Crippen LogP contribution in [-0.4, -0.2) is 37.4 Å². The molecule has 35 heavy (non-hydrogen) atoms. The van der Waals surface area contributed by atoms with Gasteiger partial charge in [-0.25, -0.2) is 0 Å². The lowest BCUT2D eigenvalue weighted by Gasteiger charge is -2.37. The Kier molecular flexibility index (Phi) is 6.15. The normalized spacial score (nSPS) is 17.9. The number of benzene rings is 3. The second-order valence-corrected chi connectivity index (χ2v) is 9.26. The Morgan fingerprint density at radius 2 is 1.71 bits per heavy atom. The predicted octanol–water partition coefficient (Wildman–Crippen LogP) is 6.37. The van der Waals surface area contributed by atoms with E-state index in [1.165, 1.54) is 11.3 Å². The molecule has 1 fully saturated rings. The van der Waals surface area contributed by atoms with E-state index in [1.807, 2.05) is 36.5 Å². The molecule has 1 unspecified atom stereocenters. The summed E-state index contributed by atoms with van der Waals surface area (Å²) in [4.78, 5) is 7.28. The Hall–Kier alpha value is -3.88. The number of nitriles is 1. The Labute approximate surface area is 206 Å². The number of hydrogen-bond donors (Lipinski definition) is 0. The first-order valence-corrected chi connectivity index (χ1v) is 12.0. The molecule has 5 heteroatoms. The maximum atomic E-state index is 9.13. The highest BCUT2D eigenvalue weighted by atomic mass is 16.5. The average molecular weight is 464 g/mol. The highest BCUT2D eigenvalue weighted by Gasteiger charge is 2.23. The number of pyridine rings is 1. The number of rotatable bonds is 4. The van der Waals surface area contributed by atoms with Crippen molar-refractivity contribution >= 4 is 16.6 Å². The lowest BCUT2D eigenvalue weighted by atomic mass is 9.96. The minimum absolute atomic E-state index is 0.216. The summed E-state index contributed by atoms with van der Waals surface area (Å²) in [6, 6.07) is 22.5. The van der Waals surface area contributed by atoms with E-state index in [2.05, 4.69) is 62.1 Å². The number of fused-ring (bicyclic) bond motifs is 1. The highest BCUT2D eigenvalue weighted by molar-refractivity contribution is 6.00. The van der Waals surface area contributed by atoms with Crippen molar-refractivity contribution in [2.75, 3.05) is 25.1 Å². The lowest BCUT2D eigenvalue weighted by Crippen LogP contribution is -2.45. The number of hydrogen-bond acceptors (Lipinski definition) is 5. The Bertz CT molecular complexity index is 1410. The summed E-state index contributed by atoms with van der Waals surface area (Å²) in [5.74, 6) is 0.815. The lowest BCUT2D eigenvalue weighted by molar-refractivity contribution is -0.00521. The number of aryl methyl sites for hydroxylation is 1. The Morgan fingerprint density at radius 3 is 2.37 bits per heavy atom. The van der Waals surface area contributed by atoms with Gasteiger partial charge in [0.1, 0.15) is 5.75 Å². The van der Waals surface area contributed by atoms with E-state index in [0.29, 0.717) is 5.56 Å². The maximum Gasteiger partial charge on any atom is 0.137 e. The number of anilines is 1. The van der Waals surface area contributed by atoms with E-state index in [4.69, 9.17) is 19.7 Å². The Balaban J connectivity index is 1.56. The van der Waals surface area contributed by atoms with Crippen LogP contribution < -0.4 is 9.64 Å². The van der Waals surface area contributed by atoms with Gasteiger partial charge in [0.05, 0.1) is 36.5 Å². The van der Waals surface area contributed by atoms with Gasteiger partial charge < -0.3 is 14.4 Å². The molecular weight excluding hydrogens is 434 g/mol. The van der Waals surface area contributed by atoms with Crippen molar-refractivity contribution in [3.05, 3.63) is 78.0 Å². The molecule has 0 aliphatic carbocycles. The fraction of sp³-hybridized carbons (Fsp3) is 0.267. The van der Waals surface area contributed by atoms with Crippen LogP contribution in [0, 0.1) is 18.3 Å². The second kappa shape index (κ2) is 9.40. The monoisotopic (exact) mass is 463 g/mol. The van der Waals surface area contributed by atoms with Crippen molar-refractivity contribution in [2.45, 2.75) is 33.0 Å².